The predicted molar refractivity (Wildman–Crippen MR) is 80.2 cm³/mol. The van der Waals surface area contributed by atoms with E-state index in [4.69, 9.17) is 0 Å². The monoisotopic (exact) mass is 409 g/mol. The molecule has 0 saturated heterocycles. The van der Waals surface area contributed by atoms with Gasteiger partial charge in [-0.25, -0.2) is 13.1 Å². The summed E-state index contributed by atoms with van der Waals surface area (Å²) in [7, 11) is -3.48. The first-order valence-electron chi connectivity index (χ1n) is 4.97. The van der Waals surface area contributed by atoms with Crippen molar-refractivity contribution in [3.8, 4) is 0 Å². The van der Waals surface area contributed by atoms with E-state index in [1.165, 1.54) is 11.3 Å². The maximum atomic E-state index is 12.1. The molecule has 1 N–H and O–H groups in total. The molecule has 0 bridgehead atoms. The number of rotatable bonds is 4. The first kappa shape index (κ1) is 14.2. The third-order valence-electron chi connectivity index (χ3n) is 2.22. The van der Waals surface area contributed by atoms with Gasteiger partial charge in [-0.3, -0.25) is 0 Å². The van der Waals surface area contributed by atoms with Gasteiger partial charge in [-0.2, -0.15) is 0 Å². The van der Waals surface area contributed by atoms with Gasteiger partial charge in [-0.1, -0.05) is 30.3 Å². The Morgan fingerprint density at radius 1 is 1.17 bits per heavy atom. The molecular formula is C11H9Br2NO2S2. The summed E-state index contributed by atoms with van der Waals surface area (Å²) in [5, 5.41) is 0. The quantitative estimate of drug-likeness (QED) is 0.834. The Morgan fingerprint density at radius 3 is 2.39 bits per heavy atom. The number of sulfonamides is 1. The van der Waals surface area contributed by atoms with Gasteiger partial charge >= 0.3 is 0 Å². The highest BCUT2D eigenvalue weighted by molar-refractivity contribution is 9.12. The van der Waals surface area contributed by atoms with Gasteiger partial charge in [0.2, 0.25) is 10.0 Å². The van der Waals surface area contributed by atoms with Crippen molar-refractivity contribution in [3.05, 3.63) is 49.5 Å². The molecule has 0 fully saturated rings. The molecule has 0 radical (unpaired) electrons. The van der Waals surface area contributed by atoms with E-state index < -0.39 is 10.0 Å². The molecule has 1 aromatic carbocycles. The highest BCUT2D eigenvalue weighted by Gasteiger charge is 2.19. The van der Waals surface area contributed by atoms with E-state index in [0.29, 0.717) is 3.79 Å². The molecule has 2 rings (SSSR count). The van der Waals surface area contributed by atoms with Gasteiger partial charge in [-0.15, -0.1) is 11.3 Å². The molecule has 0 aliphatic rings. The Bertz CT molecular complexity index is 638. The van der Waals surface area contributed by atoms with Crippen LogP contribution in [0.3, 0.4) is 0 Å². The highest BCUT2D eigenvalue weighted by atomic mass is 79.9. The molecular weight excluding hydrogens is 402 g/mol. The highest BCUT2D eigenvalue weighted by Crippen LogP contribution is 2.34. The topological polar surface area (TPSA) is 46.2 Å². The van der Waals surface area contributed by atoms with Crippen LogP contribution in [0.15, 0.2) is 48.9 Å². The van der Waals surface area contributed by atoms with Crippen LogP contribution in [0.1, 0.15) is 5.56 Å². The molecule has 0 amide bonds. The zero-order valence-electron chi connectivity index (χ0n) is 9.06. The largest absolute Gasteiger partial charge is 0.242 e. The first-order valence-corrected chi connectivity index (χ1v) is 8.86. The third-order valence-corrected chi connectivity index (χ3v) is 6.38. The molecule has 0 spiro atoms. The van der Waals surface area contributed by atoms with Crippen molar-refractivity contribution in [1.82, 2.24) is 4.72 Å². The number of hydrogen-bond donors (Lipinski definition) is 1. The maximum Gasteiger partial charge on any atom is 0.242 e. The van der Waals surface area contributed by atoms with Gasteiger partial charge in [0.05, 0.1) is 7.57 Å². The number of benzene rings is 1. The second-order valence-electron chi connectivity index (χ2n) is 3.50. The molecule has 3 nitrogen and oxygen atoms in total. The fraction of sp³-hybridized carbons (Fsp3) is 0.0909. The van der Waals surface area contributed by atoms with Crippen LogP contribution in [-0.2, 0) is 16.6 Å². The summed E-state index contributed by atoms with van der Waals surface area (Å²) in [4.78, 5) is 0.260. The van der Waals surface area contributed by atoms with Crippen LogP contribution in [0.5, 0.6) is 0 Å². The molecule has 2 aromatic rings. The van der Waals surface area contributed by atoms with Gasteiger partial charge < -0.3 is 0 Å². The second kappa shape index (κ2) is 5.83. The lowest BCUT2D eigenvalue weighted by Crippen LogP contribution is -2.23. The average molecular weight is 411 g/mol. The van der Waals surface area contributed by atoms with Crippen LogP contribution >= 0.6 is 43.2 Å². The standard InChI is InChI=1S/C11H9Br2NO2S2/c12-10-6-9(11(13)17-10)18(15,16)14-7-8-4-2-1-3-5-8/h1-6,14H,7H2. The van der Waals surface area contributed by atoms with E-state index >= 15 is 0 Å². The summed E-state index contributed by atoms with van der Waals surface area (Å²) >= 11 is 7.85. The van der Waals surface area contributed by atoms with Crippen LogP contribution < -0.4 is 4.72 Å². The van der Waals surface area contributed by atoms with Crippen LogP contribution in [0, 0.1) is 0 Å². The molecule has 1 aromatic heterocycles. The lowest BCUT2D eigenvalue weighted by Gasteiger charge is -2.05. The van der Waals surface area contributed by atoms with Crippen LogP contribution in [-0.4, -0.2) is 8.42 Å². The van der Waals surface area contributed by atoms with Crippen molar-refractivity contribution in [1.29, 1.82) is 0 Å². The van der Waals surface area contributed by atoms with Gasteiger partial charge in [0.25, 0.3) is 0 Å². The fourth-order valence-electron chi connectivity index (χ4n) is 1.36. The molecule has 0 aliphatic heterocycles. The summed E-state index contributed by atoms with van der Waals surface area (Å²) in [5.41, 5.74) is 0.923. The zero-order chi connectivity index (χ0) is 13.2. The SMILES string of the molecule is O=S(=O)(NCc1ccccc1)c1cc(Br)sc1Br. The summed E-state index contributed by atoms with van der Waals surface area (Å²) in [6.07, 6.45) is 0. The average Bonchev–Trinajstić information content (AvgIpc) is 2.68. The van der Waals surface area contributed by atoms with Crippen LogP contribution in [0.25, 0.3) is 0 Å². The minimum atomic E-state index is -3.48. The van der Waals surface area contributed by atoms with Gasteiger partial charge in [0.15, 0.2) is 0 Å². The number of thiophene rings is 1. The Balaban J connectivity index is 2.16. The smallest absolute Gasteiger partial charge is 0.207 e. The van der Waals surface area contributed by atoms with E-state index in [2.05, 4.69) is 36.6 Å². The first-order chi connectivity index (χ1) is 8.49. The lowest BCUT2D eigenvalue weighted by atomic mass is 10.2. The molecule has 96 valence electrons. The van der Waals surface area contributed by atoms with E-state index in [1.54, 1.807) is 6.07 Å². The summed E-state index contributed by atoms with van der Waals surface area (Å²) in [6, 6.07) is 11.0. The normalized spacial score (nSPS) is 11.7. The minimum Gasteiger partial charge on any atom is -0.207 e. The molecule has 0 unspecified atom stereocenters. The van der Waals surface area contributed by atoms with E-state index in [-0.39, 0.29) is 11.4 Å². The molecule has 1 heterocycles. The van der Waals surface area contributed by atoms with Crippen molar-refractivity contribution >= 4 is 53.2 Å². The van der Waals surface area contributed by atoms with Crippen molar-refractivity contribution < 1.29 is 8.42 Å². The lowest BCUT2D eigenvalue weighted by molar-refractivity contribution is 0.581. The second-order valence-corrected chi connectivity index (χ2v) is 8.98. The molecule has 0 aliphatic carbocycles. The molecule has 0 saturated carbocycles. The summed E-state index contributed by atoms with van der Waals surface area (Å²) < 4.78 is 28.1. The van der Waals surface area contributed by atoms with E-state index in [0.717, 1.165) is 9.35 Å². The minimum absolute atomic E-state index is 0.260. The van der Waals surface area contributed by atoms with Crippen LogP contribution in [0.4, 0.5) is 0 Å². The third kappa shape index (κ3) is 3.42. The summed E-state index contributed by atoms with van der Waals surface area (Å²) in [6.45, 7) is 0.281. The van der Waals surface area contributed by atoms with Gasteiger partial charge in [0, 0.05) is 6.54 Å². The fourth-order valence-corrected chi connectivity index (χ4v) is 6.19. The number of nitrogens with one attached hydrogen (secondary N) is 1. The maximum absolute atomic E-state index is 12.1. The van der Waals surface area contributed by atoms with Crippen molar-refractivity contribution in [2.45, 2.75) is 11.4 Å². The Labute approximate surface area is 127 Å². The zero-order valence-corrected chi connectivity index (χ0v) is 13.9. The number of hydrogen-bond acceptors (Lipinski definition) is 3. The van der Waals surface area contributed by atoms with Crippen LogP contribution in [0.2, 0.25) is 0 Å². The Hall–Kier alpha value is -0.210. The van der Waals surface area contributed by atoms with E-state index in [1.807, 2.05) is 30.3 Å². The number of halogens is 2. The van der Waals surface area contributed by atoms with Crippen molar-refractivity contribution in [3.63, 3.8) is 0 Å². The van der Waals surface area contributed by atoms with Gasteiger partial charge in [-0.05, 0) is 43.5 Å². The Morgan fingerprint density at radius 2 is 1.83 bits per heavy atom. The van der Waals surface area contributed by atoms with Crippen molar-refractivity contribution in [2.75, 3.05) is 0 Å². The van der Waals surface area contributed by atoms with E-state index in [9.17, 15) is 8.42 Å². The molecule has 18 heavy (non-hydrogen) atoms. The Kier molecular flexibility index (Phi) is 4.60. The predicted octanol–water partition coefficient (Wildman–Crippen LogP) is 3.75. The molecule has 7 heteroatoms. The van der Waals surface area contributed by atoms with Crippen molar-refractivity contribution in [2.24, 2.45) is 0 Å². The molecule has 0 atom stereocenters. The summed E-state index contributed by atoms with van der Waals surface area (Å²) in [5.74, 6) is 0. The van der Waals surface area contributed by atoms with Gasteiger partial charge in [0.1, 0.15) is 4.90 Å².